The molecule has 182 valence electrons. The average Bonchev–Trinajstić information content (AvgIpc) is 3.41. The van der Waals surface area contributed by atoms with Crippen LogP contribution in [0.4, 0.5) is 17.3 Å². The molecule has 0 radical (unpaired) electrons. The predicted octanol–water partition coefficient (Wildman–Crippen LogP) is 2.07. The van der Waals surface area contributed by atoms with Crippen molar-refractivity contribution in [2.45, 2.75) is 26.2 Å². The Labute approximate surface area is 253 Å². The van der Waals surface area contributed by atoms with Crippen LogP contribution in [0, 0.1) is 12.3 Å². The summed E-state index contributed by atoms with van der Waals surface area (Å²) in [6.07, 6.45) is 2.62. The first-order valence-electron chi connectivity index (χ1n) is 10.7. The van der Waals surface area contributed by atoms with E-state index in [9.17, 15) is 4.79 Å². The van der Waals surface area contributed by atoms with Gasteiger partial charge in [0.05, 0.1) is 20.3 Å². The van der Waals surface area contributed by atoms with Crippen LogP contribution in [0.1, 0.15) is 36.9 Å². The van der Waals surface area contributed by atoms with Gasteiger partial charge >= 0.3 is 51.4 Å². The zero-order chi connectivity index (χ0) is 25.3. The number of amides is 1. The van der Waals surface area contributed by atoms with Crippen molar-refractivity contribution in [1.29, 1.82) is 0 Å². The molecule has 36 heavy (non-hydrogen) atoms. The van der Waals surface area contributed by atoms with Crippen molar-refractivity contribution in [3.05, 3.63) is 84.3 Å². The van der Waals surface area contributed by atoms with Crippen molar-refractivity contribution >= 4 is 23.2 Å². The number of hydrogen-bond acceptors (Lipinski definition) is 8. The molecular formula is C26H27KN5O4-. The summed E-state index contributed by atoms with van der Waals surface area (Å²) in [6, 6.07) is 20.2. The molecule has 0 saturated heterocycles. The number of rotatable bonds is 6. The molecule has 2 aromatic carbocycles. The predicted molar refractivity (Wildman–Crippen MR) is 132 cm³/mol. The molecule has 0 aliphatic rings. The van der Waals surface area contributed by atoms with Gasteiger partial charge in [-0.05, 0) is 35.4 Å². The van der Waals surface area contributed by atoms with Gasteiger partial charge in [-0.2, -0.15) is 34.2 Å². The first kappa shape index (κ1) is 29.5. The second-order valence-corrected chi connectivity index (χ2v) is 8.29. The summed E-state index contributed by atoms with van der Waals surface area (Å²) in [7, 11) is 3.04. The fourth-order valence-electron chi connectivity index (χ4n) is 2.72. The summed E-state index contributed by atoms with van der Waals surface area (Å²) in [5.74, 6) is 1.79. The molecule has 0 aliphatic heterocycles. The monoisotopic (exact) mass is 512 g/mol. The van der Waals surface area contributed by atoms with Gasteiger partial charge in [-0.15, -0.1) is 18.3 Å². The second kappa shape index (κ2) is 14.1. The van der Waals surface area contributed by atoms with Crippen LogP contribution in [-0.2, 0) is 5.41 Å². The van der Waals surface area contributed by atoms with Gasteiger partial charge in [-0.3, -0.25) is 4.79 Å². The summed E-state index contributed by atoms with van der Waals surface area (Å²) in [4.78, 5) is 20.7. The Morgan fingerprint density at radius 1 is 0.944 bits per heavy atom. The van der Waals surface area contributed by atoms with Crippen LogP contribution >= 0.6 is 0 Å². The molecule has 0 spiro atoms. The van der Waals surface area contributed by atoms with Crippen LogP contribution in [0.5, 0.6) is 11.8 Å². The molecule has 1 amide bonds. The Balaban J connectivity index is 0.000000386. The summed E-state index contributed by atoms with van der Waals surface area (Å²) in [5, 5.41) is 9.36. The van der Waals surface area contributed by atoms with Gasteiger partial charge in [0, 0.05) is 11.3 Å². The third-order valence-corrected chi connectivity index (χ3v) is 4.61. The summed E-state index contributed by atoms with van der Waals surface area (Å²) < 4.78 is 15.1. The molecule has 0 fully saturated rings. The van der Waals surface area contributed by atoms with E-state index < -0.39 is 0 Å². The van der Waals surface area contributed by atoms with E-state index in [0.717, 1.165) is 11.4 Å². The number of nitrogens with one attached hydrogen (secondary N) is 2. The molecule has 10 heteroatoms. The van der Waals surface area contributed by atoms with Gasteiger partial charge in [0.2, 0.25) is 17.7 Å². The third kappa shape index (κ3) is 9.03. The van der Waals surface area contributed by atoms with Crippen LogP contribution in [0.2, 0.25) is 0 Å². The Hall–Kier alpha value is -2.76. The zero-order valence-corrected chi connectivity index (χ0v) is 24.4. The van der Waals surface area contributed by atoms with Crippen molar-refractivity contribution in [1.82, 2.24) is 15.1 Å². The largest absolute Gasteiger partial charge is 1.00 e. The number of anilines is 3. The maximum atomic E-state index is 12.3. The minimum absolute atomic E-state index is 0. The molecule has 2 heterocycles. The number of carbonyl (C=O) groups excluding carboxylic acids is 1. The summed E-state index contributed by atoms with van der Waals surface area (Å²) in [6.45, 7) is 6.21. The second-order valence-electron chi connectivity index (χ2n) is 8.29. The maximum Gasteiger partial charge on any atom is 1.00 e. The number of ether oxygens (including phenoxy) is 2. The molecule has 0 aliphatic carbocycles. The van der Waals surface area contributed by atoms with Crippen molar-refractivity contribution < 1.29 is 70.2 Å². The summed E-state index contributed by atoms with van der Waals surface area (Å²) in [5.41, 5.74) is 2.04. The van der Waals surface area contributed by atoms with Crippen LogP contribution in [-0.4, -0.2) is 35.3 Å². The molecule has 9 nitrogen and oxygen atoms in total. The first-order valence-corrected chi connectivity index (χ1v) is 10.7. The van der Waals surface area contributed by atoms with E-state index in [1.807, 2.05) is 0 Å². The van der Waals surface area contributed by atoms with Crippen molar-refractivity contribution in [2.75, 3.05) is 24.9 Å². The van der Waals surface area contributed by atoms with Crippen molar-refractivity contribution in [3.8, 4) is 11.8 Å². The van der Waals surface area contributed by atoms with Crippen molar-refractivity contribution in [3.63, 3.8) is 0 Å². The van der Waals surface area contributed by atoms with Gasteiger partial charge in [0.1, 0.15) is 0 Å². The van der Waals surface area contributed by atoms with Gasteiger partial charge < -0.3 is 24.6 Å². The maximum absolute atomic E-state index is 12.3. The van der Waals surface area contributed by atoms with Gasteiger partial charge in [-0.25, -0.2) is 5.16 Å². The number of methoxy groups -OCH3 is 2. The molecule has 0 atom stereocenters. The SMILES string of the molecule is CC(C)(C)c1c[c-]no1.COc1cc(OC)nc(Nc2ccc(C(=O)Nc3cc[c-]cc3)cc2)n1.[K+]. The van der Waals surface area contributed by atoms with Gasteiger partial charge in [0.25, 0.3) is 5.91 Å². The number of aromatic nitrogens is 3. The smallest absolute Gasteiger partial charge is 0.481 e. The van der Waals surface area contributed by atoms with E-state index in [2.05, 4.69) is 58.8 Å². The normalized spacial score (nSPS) is 10.2. The van der Waals surface area contributed by atoms with Gasteiger partial charge in [-0.1, -0.05) is 26.5 Å². The van der Waals surface area contributed by atoms with Gasteiger partial charge in [0.15, 0.2) is 0 Å². The standard InChI is InChI=1S/C19H17N4O3.C7H10NO.K/c1-25-16-12-17(26-2)23-19(22-16)21-15-10-8-13(9-11-15)18(24)20-14-6-4-3-5-7-14;1-7(2,3)6-4-5-8-9-6;/h4-12H,1-2H3,(H,20,24)(H,21,22,23);4H,1-3H3;/q2*-1;+1. The molecule has 2 N–H and O–H groups in total. The number of nitrogens with zero attached hydrogens (tertiary/aromatic N) is 3. The first-order chi connectivity index (χ1) is 16.8. The average molecular weight is 513 g/mol. The molecule has 4 rings (SSSR count). The van der Waals surface area contributed by atoms with E-state index in [0.29, 0.717) is 29.0 Å². The van der Waals surface area contributed by atoms with E-state index in [1.165, 1.54) is 14.2 Å². The van der Waals surface area contributed by atoms with Crippen molar-refractivity contribution in [2.24, 2.45) is 0 Å². The quantitative estimate of drug-likeness (QED) is 0.298. The minimum Gasteiger partial charge on any atom is -0.481 e. The number of benzene rings is 2. The number of carbonyl (C=O) groups is 1. The van der Waals surface area contributed by atoms with Crippen LogP contribution in [0.15, 0.2) is 65.2 Å². The molecule has 0 bridgehead atoms. The summed E-state index contributed by atoms with van der Waals surface area (Å²) >= 11 is 0. The molecule has 4 aromatic rings. The fourth-order valence-corrected chi connectivity index (χ4v) is 2.72. The topological polar surface area (TPSA) is 111 Å². The third-order valence-electron chi connectivity index (χ3n) is 4.61. The Morgan fingerprint density at radius 2 is 1.56 bits per heavy atom. The van der Waals surface area contributed by atoms with E-state index in [1.54, 1.807) is 60.7 Å². The minimum atomic E-state index is -0.193. The number of hydrogen-bond donors (Lipinski definition) is 2. The zero-order valence-electron chi connectivity index (χ0n) is 21.2. The van der Waals surface area contributed by atoms with Crippen LogP contribution in [0.3, 0.4) is 0 Å². The molecule has 2 aromatic heterocycles. The molecule has 0 unspecified atom stereocenters. The van der Waals surface area contributed by atoms with E-state index >= 15 is 0 Å². The Morgan fingerprint density at radius 3 is 2.03 bits per heavy atom. The van der Waals surface area contributed by atoms with Crippen LogP contribution < -0.4 is 71.5 Å². The van der Waals surface area contributed by atoms with Crippen LogP contribution in [0.25, 0.3) is 0 Å². The Bertz CT molecular complexity index is 1190. The van der Waals surface area contributed by atoms with E-state index in [4.69, 9.17) is 14.0 Å². The van der Waals surface area contributed by atoms with E-state index in [-0.39, 0.29) is 62.7 Å². The molecular weight excluding hydrogens is 485 g/mol. The Kier molecular flexibility index (Phi) is 11.5. The molecule has 0 saturated carbocycles. The fraction of sp³-hybridized carbons (Fsp3) is 0.231.